The molecule has 21 heavy (non-hydrogen) atoms. The van der Waals surface area contributed by atoms with Crippen LogP contribution >= 0.6 is 0 Å². The summed E-state index contributed by atoms with van der Waals surface area (Å²) >= 11 is 0. The fraction of sp³-hybridized carbons (Fsp3) is 0.429. The summed E-state index contributed by atoms with van der Waals surface area (Å²) in [6, 6.07) is 2.49. The molecule has 0 aromatic heterocycles. The highest BCUT2D eigenvalue weighted by molar-refractivity contribution is 5.91. The van der Waals surface area contributed by atoms with Gasteiger partial charge in [0.2, 0.25) is 0 Å². The van der Waals surface area contributed by atoms with Gasteiger partial charge in [-0.25, -0.2) is 13.6 Å². The Bertz CT molecular complexity index is 530. The van der Waals surface area contributed by atoms with Gasteiger partial charge in [-0.05, 0) is 25.0 Å². The van der Waals surface area contributed by atoms with Gasteiger partial charge < -0.3 is 14.8 Å². The molecule has 0 radical (unpaired) electrons. The number of ether oxygens (including phenoxy) is 2. The highest BCUT2D eigenvalue weighted by atomic mass is 19.1. The van der Waals surface area contributed by atoms with Crippen molar-refractivity contribution in [2.75, 3.05) is 19.8 Å². The molecule has 1 saturated heterocycles. The molecule has 1 atom stereocenters. The average Bonchev–Trinajstić information content (AvgIpc) is 2.95. The molecule has 0 aliphatic carbocycles. The van der Waals surface area contributed by atoms with E-state index in [9.17, 15) is 18.4 Å². The van der Waals surface area contributed by atoms with E-state index in [1.807, 2.05) is 0 Å². The first-order chi connectivity index (χ1) is 10.1. The third-order valence-electron chi connectivity index (χ3n) is 3.04. The summed E-state index contributed by atoms with van der Waals surface area (Å²) in [5.74, 6) is -3.33. The summed E-state index contributed by atoms with van der Waals surface area (Å²) < 4.78 is 36.0. The fourth-order valence-electron chi connectivity index (χ4n) is 1.95. The predicted molar refractivity (Wildman–Crippen MR) is 68.6 cm³/mol. The minimum atomic E-state index is -1.03. The predicted octanol–water partition coefficient (Wildman–Crippen LogP) is 1.42. The number of hydrogen-bond acceptors (Lipinski definition) is 4. The molecule has 0 saturated carbocycles. The second kappa shape index (κ2) is 7.12. The summed E-state index contributed by atoms with van der Waals surface area (Å²) in [4.78, 5) is 23.0. The van der Waals surface area contributed by atoms with Crippen LogP contribution in [0.1, 0.15) is 23.2 Å². The van der Waals surface area contributed by atoms with Crippen molar-refractivity contribution in [3.05, 3.63) is 35.4 Å². The molecule has 1 amide bonds. The largest absolute Gasteiger partial charge is 0.452 e. The summed E-state index contributed by atoms with van der Waals surface area (Å²) in [6.07, 6.45) is 1.82. The third-order valence-corrected chi connectivity index (χ3v) is 3.04. The molecule has 1 fully saturated rings. The molecule has 1 aromatic rings. The van der Waals surface area contributed by atoms with E-state index in [2.05, 4.69) is 10.1 Å². The number of carbonyl (C=O) groups is 2. The van der Waals surface area contributed by atoms with E-state index in [0.717, 1.165) is 25.0 Å². The van der Waals surface area contributed by atoms with Crippen molar-refractivity contribution in [3.63, 3.8) is 0 Å². The first-order valence-corrected chi connectivity index (χ1v) is 6.57. The summed E-state index contributed by atoms with van der Waals surface area (Å²) in [6.45, 7) is 0.503. The Morgan fingerprint density at radius 3 is 2.86 bits per heavy atom. The van der Waals surface area contributed by atoms with Crippen LogP contribution < -0.4 is 5.32 Å². The molecule has 7 heteroatoms. The maximum Gasteiger partial charge on any atom is 0.341 e. The highest BCUT2D eigenvalue weighted by Gasteiger charge is 2.18. The van der Waals surface area contributed by atoms with Gasteiger partial charge in [-0.3, -0.25) is 4.79 Å². The fourth-order valence-corrected chi connectivity index (χ4v) is 1.95. The molecule has 114 valence electrons. The molecular formula is C14H15F2NO4. The van der Waals surface area contributed by atoms with E-state index < -0.39 is 35.7 Å². The lowest BCUT2D eigenvalue weighted by atomic mass is 10.2. The van der Waals surface area contributed by atoms with Crippen molar-refractivity contribution in [1.29, 1.82) is 0 Å². The zero-order chi connectivity index (χ0) is 15.2. The van der Waals surface area contributed by atoms with Crippen LogP contribution in [0.3, 0.4) is 0 Å². The molecule has 1 N–H and O–H groups in total. The first-order valence-electron chi connectivity index (χ1n) is 6.57. The van der Waals surface area contributed by atoms with Crippen molar-refractivity contribution in [3.8, 4) is 0 Å². The van der Waals surface area contributed by atoms with Gasteiger partial charge in [0, 0.05) is 19.2 Å². The van der Waals surface area contributed by atoms with Crippen LogP contribution in [0.15, 0.2) is 18.2 Å². The van der Waals surface area contributed by atoms with Crippen LogP contribution in [0.25, 0.3) is 0 Å². The second-order valence-corrected chi connectivity index (χ2v) is 4.64. The molecule has 0 unspecified atom stereocenters. The van der Waals surface area contributed by atoms with E-state index in [4.69, 9.17) is 4.74 Å². The number of nitrogens with one attached hydrogen (secondary N) is 1. The quantitative estimate of drug-likeness (QED) is 0.835. The number of benzene rings is 1. The molecule has 5 nitrogen and oxygen atoms in total. The highest BCUT2D eigenvalue weighted by Crippen LogP contribution is 2.11. The standard InChI is InChI=1S/C14H15F2NO4/c15-9-3-4-11(12(16)6-9)14(19)21-8-13(18)17-7-10-2-1-5-20-10/h3-4,6,10H,1-2,5,7-8H2,(H,17,18)/t10-/m1/s1. The molecular weight excluding hydrogens is 284 g/mol. The lowest BCUT2D eigenvalue weighted by molar-refractivity contribution is -0.124. The molecule has 1 aliphatic heterocycles. The number of rotatable bonds is 5. The zero-order valence-electron chi connectivity index (χ0n) is 11.2. The van der Waals surface area contributed by atoms with E-state index in [-0.39, 0.29) is 6.10 Å². The molecule has 1 aliphatic rings. The Morgan fingerprint density at radius 2 is 2.19 bits per heavy atom. The van der Waals surface area contributed by atoms with Crippen molar-refractivity contribution in [2.45, 2.75) is 18.9 Å². The Balaban J connectivity index is 1.76. The van der Waals surface area contributed by atoms with Gasteiger partial charge in [-0.2, -0.15) is 0 Å². The summed E-state index contributed by atoms with van der Waals surface area (Å²) in [5, 5.41) is 2.56. The Labute approximate surface area is 120 Å². The molecule has 0 spiro atoms. The van der Waals surface area contributed by atoms with Crippen molar-refractivity contribution in [2.24, 2.45) is 0 Å². The van der Waals surface area contributed by atoms with Crippen molar-refractivity contribution in [1.82, 2.24) is 5.32 Å². The SMILES string of the molecule is O=C(COC(=O)c1ccc(F)cc1F)NC[C@H]1CCCO1. The van der Waals surface area contributed by atoms with Crippen LogP contribution in [-0.2, 0) is 14.3 Å². The van der Waals surface area contributed by atoms with Gasteiger partial charge in [-0.15, -0.1) is 0 Å². The minimum Gasteiger partial charge on any atom is -0.452 e. The van der Waals surface area contributed by atoms with Gasteiger partial charge in [0.25, 0.3) is 5.91 Å². The van der Waals surface area contributed by atoms with Crippen LogP contribution in [0.4, 0.5) is 8.78 Å². The van der Waals surface area contributed by atoms with Gasteiger partial charge in [-0.1, -0.05) is 0 Å². The van der Waals surface area contributed by atoms with Gasteiger partial charge in [0.15, 0.2) is 6.61 Å². The lowest BCUT2D eigenvalue weighted by Gasteiger charge is -2.11. The molecule has 1 heterocycles. The second-order valence-electron chi connectivity index (χ2n) is 4.64. The smallest absolute Gasteiger partial charge is 0.341 e. The van der Waals surface area contributed by atoms with Gasteiger partial charge in [0.05, 0.1) is 11.7 Å². The third kappa shape index (κ3) is 4.49. The van der Waals surface area contributed by atoms with Crippen molar-refractivity contribution < 1.29 is 27.8 Å². The monoisotopic (exact) mass is 299 g/mol. The van der Waals surface area contributed by atoms with Gasteiger partial charge >= 0.3 is 5.97 Å². The number of halogens is 2. The minimum absolute atomic E-state index is 0.0146. The van der Waals surface area contributed by atoms with Crippen LogP contribution in [0, 0.1) is 11.6 Å². The summed E-state index contributed by atoms with van der Waals surface area (Å²) in [7, 11) is 0. The first kappa shape index (κ1) is 15.4. The molecule has 0 bridgehead atoms. The average molecular weight is 299 g/mol. The Kier molecular flexibility index (Phi) is 5.21. The number of amides is 1. The van der Waals surface area contributed by atoms with Crippen LogP contribution in [0.5, 0.6) is 0 Å². The number of esters is 1. The van der Waals surface area contributed by atoms with E-state index in [1.54, 1.807) is 0 Å². The molecule has 2 rings (SSSR count). The Hall–Kier alpha value is -2.02. The molecule has 1 aromatic carbocycles. The van der Waals surface area contributed by atoms with E-state index >= 15 is 0 Å². The maximum absolute atomic E-state index is 13.3. The van der Waals surface area contributed by atoms with E-state index in [0.29, 0.717) is 19.2 Å². The number of hydrogen-bond donors (Lipinski definition) is 1. The lowest BCUT2D eigenvalue weighted by Crippen LogP contribution is -2.34. The van der Waals surface area contributed by atoms with E-state index in [1.165, 1.54) is 0 Å². The normalized spacial score (nSPS) is 17.5. The maximum atomic E-state index is 13.3. The number of carbonyl (C=O) groups excluding carboxylic acids is 2. The van der Waals surface area contributed by atoms with Crippen molar-refractivity contribution >= 4 is 11.9 Å². The van der Waals surface area contributed by atoms with Crippen LogP contribution in [-0.4, -0.2) is 37.7 Å². The topological polar surface area (TPSA) is 64.6 Å². The zero-order valence-corrected chi connectivity index (χ0v) is 11.2. The van der Waals surface area contributed by atoms with Crippen LogP contribution in [0.2, 0.25) is 0 Å². The van der Waals surface area contributed by atoms with Gasteiger partial charge in [0.1, 0.15) is 11.6 Å². The summed E-state index contributed by atoms with van der Waals surface area (Å²) in [5.41, 5.74) is -0.414. The Morgan fingerprint density at radius 1 is 1.38 bits per heavy atom.